The monoisotopic (exact) mass is 338 g/mol. The highest BCUT2D eigenvalue weighted by Crippen LogP contribution is 2.48. The molecule has 0 bridgehead atoms. The van der Waals surface area contributed by atoms with Gasteiger partial charge in [-0.1, -0.05) is 17.7 Å². The van der Waals surface area contributed by atoms with Crippen LogP contribution in [0.4, 0.5) is 5.69 Å². The zero-order valence-electron chi connectivity index (χ0n) is 14.5. The molecule has 3 atom stereocenters. The highest BCUT2D eigenvalue weighted by Gasteiger charge is 2.40. The Hall–Kier alpha value is -2.40. The number of hydrogen-bond donors (Lipinski definition) is 1. The number of rotatable bonds is 2. The third kappa shape index (κ3) is 2.89. The Bertz CT molecular complexity index is 788. The van der Waals surface area contributed by atoms with Crippen molar-refractivity contribution in [3.05, 3.63) is 58.9 Å². The van der Waals surface area contributed by atoms with Gasteiger partial charge in [-0.2, -0.15) is 0 Å². The molecule has 130 valence electrons. The summed E-state index contributed by atoms with van der Waals surface area (Å²) >= 11 is 0. The minimum absolute atomic E-state index is 0.0761. The normalized spacial score (nSPS) is 24.6. The Balaban J connectivity index is 1.69. The largest absolute Gasteiger partial charge is 0.465 e. The number of benzene rings is 1. The Morgan fingerprint density at radius 2 is 2.20 bits per heavy atom. The number of aryl methyl sites for hydroxylation is 1. The summed E-state index contributed by atoms with van der Waals surface area (Å²) in [6.07, 6.45) is 3.83. The van der Waals surface area contributed by atoms with Crippen LogP contribution in [0.1, 0.15) is 52.2 Å². The van der Waals surface area contributed by atoms with Gasteiger partial charge in [0.15, 0.2) is 0 Å². The van der Waals surface area contributed by atoms with E-state index in [1.807, 2.05) is 6.07 Å². The third-order valence-corrected chi connectivity index (χ3v) is 5.15. The Morgan fingerprint density at radius 3 is 2.96 bits per heavy atom. The minimum atomic E-state index is -0.365. The maximum absolute atomic E-state index is 11.6. The van der Waals surface area contributed by atoms with Crippen LogP contribution in [0.2, 0.25) is 0 Å². The summed E-state index contributed by atoms with van der Waals surface area (Å²) in [6.45, 7) is 2.91. The average molecular weight is 338 g/mol. The van der Waals surface area contributed by atoms with Gasteiger partial charge in [0.2, 0.25) is 0 Å². The number of nitrogens with zero attached hydrogens (tertiary/aromatic N) is 1. The standard InChI is InChI=1S/C20H22N2O3/c1-12-5-7-16-15(10-12)19-14(4-3-9-25-19)18(22-16)17-8-6-13(11-21-17)20(23)24-2/h5-8,10-11,14,18-19,22H,3-4,9H2,1-2H3/t14-,18+,19-/m1/s1. The van der Waals surface area contributed by atoms with Gasteiger partial charge in [0, 0.05) is 30.0 Å². The molecule has 3 heterocycles. The molecular weight excluding hydrogens is 316 g/mol. The molecule has 0 amide bonds. The maximum Gasteiger partial charge on any atom is 0.339 e. The first-order chi connectivity index (χ1) is 12.2. The van der Waals surface area contributed by atoms with E-state index in [0.717, 1.165) is 30.8 Å². The van der Waals surface area contributed by atoms with Crippen LogP contribution in [-0.4, -0.2) is 24.7 Å². The van der Waals surface area contributed by atoms with E-state index in [9.17, 15) is 4.79 Å². The second-order valence-electron chi connectivity index (χ2n) is 6.77. The van der Waals surface area contributed by atoms with Crippen LogP contribution in [-0.2, 0) is 9.47 Å². The summed E-state index contributed by atoms with van der Waals surface area (Å²) < 4.78 is 10.9. The predicted octanol–water partition coefficient (Wildman–Crippen LogP) is 3.81. The van der Waals surface area contributed by atoms with E-state index in [1.165, 1.54) is 18.2 Å². The second-order valence-corrected chi connectivity index (χ2v) is 6.77. The van der Waals surface area contributed by atoms with Crippen LogP contribution in [0.3, 0.4) is 0 Å². The lowest BCUT2D eigenvalue weighted by Gasteiger charge is -2.43. The third-order valence-electron chi connectivity index (χ3n) is 5.15. The van der Waals surface area contributed by atoms with E-state index >= 15 is 0 Å². The number of anilines is 1. The number of fused-ring (bicyclic) bond motifs is 3. The predicted molar refractivity (Wildman–Crippen MR) is 94.5 cm³/mol. The van der Waals surface area contributed by atoms with Crippen molar-refractivity contribution in [1.82, 2.24) is 4.98 Å². The number of methoxy groups -OCH3 is 1. The molecule has 0 saturated carbocycles. The number of carbonyl (C=O) groups excluding carboxylic acids is 1. The second kappa shape index (κ2) is 6.48. The first kappa shape index (κ1) is 16.1. The Morgan fingerprint density at radius 1 is 1.32 bits per heavy atom. The van der Waals surface area contributed by atoms with Crippen LogP contribution in [0.15, 0.2) is 36.5 Å². The van der Waals surface area contributed by atoms with Crippen LogP contribution >= 0.6 is 0 Å². The molecule has 5 heteroatoms. The van der Waals surface area contributed by atoms with Crippen molar-refractivity contribution in [2.75, 3.05) is 19.0 Å². The molecule has 2 aliphatic rings. The summed E-state index contributed by atoms with van der Waals surface area (Å²) in [5.74, 6) is -0.0325. The van der Waals surface area contributed by atoms with Crippen LogP contribution in [0, 0.1) is 12.8 Å². The van der Waals surface area contributed by atoms with Crippen LogP contribution < -0.4 is 5.32 Å². The molecule has 1 aromatic heterocycles. The van der Waals surface area contributed by atoms with Crippen LogP contribution in [0.5, 0.6) is 0 Å². The topological polar surface area (TPSA) is 60.5 Å². The number of aromatic nitrogens is 1. The van der Waals surface area contributed by atoms with Gasteiger partial charge < -0.3 is 14.8 Å². The molecule has 0 unspecified atom stereocenters. The van der Waals surface area contributed by atoms with Gasteiger partial charge in [-0.05, 0) is 38.0 Å². The summed E-state index contributed by atoms with van der Waals surface area (Å²) in [6, 6.07) is 10.2. The molecule has 2 aliphatic heterocycles. The molecule has 1 saturated heterocycles. The Kier molecular flexibility index (Phi) is 4.17. The van der Waals surface area contributed by atoms with E-state index in [2.05, 4.69) is 35.4 Å². The molecule has 1 N–H and O–H groups in total. The van der Waals surface area contributed by atoms with E-state index in [-0.39, 0.29) is 18.1 Å². The van der Waals surface area contributed by atoms with Gasteiger partial charge in [-0.3, -0.25) is 4.98 Å². The van der Waals surface area contributed by atoms with Gasteiger partial charge in [-0.15, -0.1) is 0 Å². The Labute approximate surface area is 147 Å². The van der Waals surface area contributed by atoms with Crippen molar-refractivity contribution in [2.24, 2.45) is 5.92 Å². The molecule has 0 aliphatic carbocycles. The first-order valence-electron chi connectivity index (χ1n) is 8.70. The average Bonchev–Trinajstić information content (AvgIpc) is 2.67. The smallest absolute Gasteiger partial charge is 0.339 e. The zero-order valence-corrected chi connectivity index (χ0v) is 14.5. The van der Waals surface area contributed by atoms with Crippen molar-refractivity contribution >= 4 is 11.7 Å². The number of nitrogens with one attached hydrogen (secondary N) is 1. The fourth-order valence-corrected chi connectivity index (χ4v) is 3.91. The molecule has 1 fully saturated rings. The summed E-state index contributed by atoms with van der Waals surface area (Å²) in [4.78, 5) is 16.2. The van der Waals surface area contributed by atoms with E-state index in [0.29, 0.717) is 11.5 Å². The first-order valence-corrected chi connectivity index (χ1v) is 8.70. The summed E-state index contributed by atoms with van der Waals surface area (Å²) in [5, 5.41) is 3.64. The lowest BCUT2D eigenvalue weighted by atomic mass is 9.78. The van der Waals surface area contributed by atoms with Gasteiger partial charge >= 0.3 is 5.97 Å². The molecule has 0 radical (unpaired) electrons. The number of hydrogen-bond acceptors (Lipinski definition) is 5. The van der Waals surface area contributed by atoms with Crippen molar-refractivity contribution < 1.29 is 14.3 Å². The number of esters is 1. The number of ether oxygens (including phenoxy) is 2. The molecule has 1 aromatic carbocycles. The molecule has 4 rings (SSSR count). The number of carbonyl (C=O) groups is 1. The van der Waals surface area contributed by atoms with Crippen molar-refractivity contribution in [3.8, 4) is 0 Å². The minimum Gasteiger partial charge on any atom is -0.465 e. The van der Waals surface area contributed by atoms with Gasteiger partial charge in [-0.25, -0.2) is 4.79 Å². The van der Waals surface area contributed by atoms with Crippen molar-refractivity contribution in [1.29, 1.82) is 0 Å². The lowest BCUT2D eigenvalue weighted by molar-refractivity contribution is -0.0385. The van der Waals surface area contributed by atoms with Crippen molar-refractivity contribution in [3.63, 3.8) is 0 Å². The van der Waals surface area contributed by atoms with Gasteiger partial charge in [0.05, 0.1) is 30.5 Å². The summed E-state index contributed by atoms with van der Waals surface area (Å²) in [7, 11) is 1.38. The molecule has 5 nitrogen and oxygen atoms in total. The fraction of sp³-hybridized carbons (Fsp3) is 0.400. The zero-order chi connectivity index (χ0) is 17.4. The SMILES string of the molecule is COC(=O)c1ccc([C@H]2Nc3ccc(C)cc3[C@@H]3OCCC[C@H]23)nc1. The van der Waals surface area contributed by atoms with E-state index in [1.54, 1.807) is 12.3 Å². The lowest BCUT2D eigenvalue weighted by Crippen LogP contribution is -2.36. The van der Waals surface area contributed by atoms with Gasteiger partial charge in [0.25, 0.3) is 0 Å². The highest BCUT2D eigenvalue weighted by molar-refractivity contribution is 5.88. The van der Waals surface area contributed by atoms with E-state index in [4.69, 9.17) is 9.47 Å². The molecular formula is C20H22N2O3. The van der Waals surface area contributed by atoms with Crippen LogP contribution in [0.25, 0.3) is 0 Å². The van der Waals surface area contributed by atoms with Gasteiger partial charge in [0.1, 0.15) is 0 Å². The van der Waals surface area contributed by atoms with Crippen molar-refractivity contribution in [2.45, 2.75) is 31.9 Å². The highest BCUT2D eigenvalue weighted by atomic mass is 16.5. The quantitative estimate of drug-likeness (QED) is 0.844. The fourth-order valence-electron chi connectivity index (χ4n) is 3.91. The molecule has 2 aromatic rings. The maximum atomic E-state index is 11.6. The number of pyridine rings is 1. The van der Waals surface area contributed by atoms with E-state index < -0.39 is 0 Å². The molecule has 25 heavy (non-hydrogen) atoms. The summed E-state index contributed by atoms with van der Waals surface area (Å²) in [5.41, 5.74) is 4.99. The molecule has 0 spiro atoms.